The predicted molar refractivity (Wildman–Crippen MR) is 516 cm³/mol. The summed E-state index contributed by atoms with van der Waals surface area (Å²) in [7, 11) is 0.988. The first-order valence-corrected chi connectivity index (χ1v) is 47.0. The van der Waals surface area contributed by atoms with Gasteiger partial charge in [-0.05, 0) is 167 Å². The van der Waals surface area contributed by atoms with Gasteiger partial charge in [0.1, 0.15) is 24.6 Å². The summed E-state index contributed by atoms with van der Waals surface area (Å²) in [4.78, 5) is 0. The van der Waals surface area contributed by atoms with E-state index in [1.807, 2.05) is 72.8 Å². The molecule has 16 aromatic carbocycles. The average molecular weight is 2380 g/mol. The van der Waals surface area contributed by atoms with Crippen molar-refractivity contribution in [2.24, 2.45) is 14.1 Å². The number of hydrogen-bond acceptors (Lipinski definition) is 0. The molecular formula is C112H90Au4N2P4+4. The summed E-state index contributed by atoms with van der Waals surface area (Å²) in [5.74, 6) is 9.90. The Hall–Kier alpha value is -9.96. The van der Waals surface area contributed by atoms with Crippen molar-refractivity contribution in [2.45, 2.75) is 12.8 Å². The molecule has 0 amide bonds. The number of aromatic nitrogens is 2. The van der Waals surface area contributed by atoms with Crippen LogP contribution >= 0.6 is 31.7 Å². The molecule has 2 aliphatic carbocycles. The zero-order chi connectivity index (χ0) is 80.8. The van der Waals surface area contributed by atoms with Crippen LogP contribution in [0.5, 0.6) is 0 Å². The number of benzene rings is 16. The molecule has 0 unspecified atom stereocenters. The van der Waals surface area contributed by atoms with Crippen LogP contribution in [0.25, 0.3) is 65.9 Å². The molecule has 0 N–H and O–H groups in total. The van der Waals surface area contributed by atoms with E-state index >= 15 is 0 Å². The molecule has 122 heavy (non-hydrogen) atoms. The van der Waals surface area contributed by atoms with Gasteiger partial charge < -0.3 is 34.8 Å². The predicted octanol–water partition coefficient (Wildman–Crippen LogP) is 22.4. The van der Waals surface area contributed by atoms with Gasteiger partial charge in [-0.3, -0.25) is 23.7 Å². The van der Waals surface area contributed by atoms with Crippen molar-refractivity contribution in [3.8, 4) is 45.9 Å². The van der Waals surface area contributed by atoms with Crippen LogP contribution in [0, 0.1) is 49.4 Å². The van der Waals surface area contributed by atoms with E-state index in [0.717, 1.165) is 46.0 Å². The first-order valence-electron chi connectivity index (χ1n) is 40.2. The molecule has 0 bridgehead atoms. The quantitative estimate of drug-likeness (QED) is 0.0444. The Morgan fingerprint density at radius 2 is 0.533 bits per heavy atom. The molecule has 18 aromatic rings. The van der Waals surface area contributed by atoms with Gasteiger partial charge in [-0.15, -0.1) is 58.7 Å². The summed E-state index contributed by atoms with van der Waals surface area (Å²) >= 11 is 0. The Balaban J connectivity index is 0.000000145. The van der Waals surface area contributed by atoms with E-state index in [0.29, 0.717) is 0 Å². The van der Waals surface area contributed by atoms with Crippen LogP contribution < -0.4 is 42.4 Å². The molecule has 0 saturated carbocycles. The second-order valence-electron chi connectivity index (χ2n) is 29.3. The van der Waals surface area contributed by atoms with Gasteiger partial charge in [-0.25, -0.2) is 0 Å². The van der Waals surface area contributed by atoms with E-state index in [2.05, 4.69) is 387 Å². The smallest absolute Gasteiger partial charge is 0.366 e. The second-order valence-corrected chi connectivity index (χ2v) is 39.8. The minimum atomic E-state index is -0.783. The van der Waals surface area contributed by atoms with Crippen molar-refractivity contribution in [1.29, 1.82) is 0 Å². The van der Waals surface area contributed by atoms with Gasteiger partial charge in [0.25, 0.3) is 0 Å². The molecule has 2 heterocycles. The van der Waals surface area contributed by atoms with Gasteiger partial charge in [0.05, 0.1) is 74.1 Å². The Morgan fingerprint density at radius 1 is 0.238 bits per heavy atom. The number of nitrogens with zero attached hydrogens (tertiary/aromatic N) is 2. The van der Waals surface area contributed by atoms with Gasteiger partial charge >= 0.3 is 89.5 Å². The topological polar surface area (TPSA) is 9.86 Å². The molecule has 0 fully saturated rings. The third-order valence-electron chi connectivity index (χ3n) is 22.3. The SMILES string of the molecule is [Au+].[Au+].[Au+].[Au+].[C-]#Cc1ccc2c(c1)Cc1ccccc1-2.[C-]#Cc1ccc2c(c1)c1ccccc1n2C.[C-]#Cc1cccc2c1-c1ccccc1C2.[C-]#Cc1cccc2c1c1ccccc1n2C.c1ccc([PH+](CC[PH+](c2ccccc2)c2ccccc2)c2ccccc2)cc1.c1ccc([PH+](CC[PH+](c2ccccc2)c2ccccc2)c2ccccc2)cc1. The van der Waals surface area contributed by atoms with E-state index in [9.17, 15) is 0 Å². The molecule has 0 atom stereocenters. The Labute approximate surface area is 788 Å². The van der Waals surface area contributed by atoms with Crippen LogP contribution in [0.15, 0.2) is 413 Å². The van der Waals surface area contributed by atoms with E-state index in [4.69, 9.17) is 25.7 Å². The normalized spacial score (nSPS) is 10.8. The molecule has 608 valence electrons. The summed E-state index contributed by atoms with van der Waals surface area (Å²) in [6, 6.07) is 147. The van der Waals surface area contributed by atoms with Crippen LogP contribution in [-0.2, 0) is 116 Å². The molecule has 0 spiro atoms. The Morgan fingerprint density at radius 3 is 0.959 bits per heavy atom. The number of hydrogen-bond donors (Lipinski definition) is 0. The zero-order valence-corrected chi connectivity index (χ0v) is 80.3. The molecule has 10 heteroatoms. The van der Waals surface area contributed by atoms with Gasteiger partial charge in [-0.2, -0.15) is 0 Å². The minimum absolute atomic E-state index is 0. The minimum Gasteiger partial charge on any atom is -0.366 e. The first kappa shape index (κ1) is 92.8. The molecule has 0 saturated heterocycles. The van der Waals surface area contributed by atoms with E-state index in [-0.39, 0.29) is 89.5 Å². The fraction of sp³-hybridized carbons (Fsp3) is 0.0714. The largest absolute Gasteiger partial charge is 1.00 e. The van der Waals surface area contributed by atoms with Crippen LogP contribution in [0.3, 0.4) is 0 Å². The molecule has 0 radical (unpaired) electrons. The van der Waals surface area contributed by atoms with Crippen LogP contribution in [0.2, 0.25) is 0 Å². The molecule has 2 nitrogen and oxygen atoms in total. The van der Waals surface area contributed by atoms with Gasteiger partial charge in [0, 0.05) is 41.5 Å². The Bertz CT molecular complexity index is 6110. The summed E-state index contributed by atoms with van der Waals surface area (Å²) in [6.45, 7) is 0. The molecule has 0 aliphatic heterocycles. The summed E-state index contributed by atoms with van der Waals surface area (Å²) in [5, 5.41) is 16.9. The maximum Gasteiger partial charge on any atom is 1.00 e. The standard InChI is InChI=1S/2C26H24P2.2C15H10N.2C15H9.4Au/c2*1-5-13-23(14-6-1)27(24-15-7-2-8-16-24)21-22-28(25-17-9-3-10-18-25)26-19-11-4-12-20-26;1-3-11-7-6-10-14-15(11)12-8-4-5-9-13(12)16(14)2;1-3-11-8-9-15-13(10-11)12-6-4-5-7-14(12)16(15)2;1-2-11-7-5-8-13-10-12-6-3-4-9-14(12)15(11)13;1-2-11-7-8-15-13(9-11)10-12-5-3-4-6-14(12)15;;;;/h2*1-20H,21-22H2;2*4-10H,2H3;2*3-9H,10H2;;;;/q;;4*-1;4*+1/p+4. The van der Waals surface area contributed by atoms with Gasteiger partial charge in [0.2, 0.25) is 0 Å². The summed E-state index contributed by atoms with van der Waals surface area (Å²) < 4.78 is 4.34. The van der Waals surface area contributed by atoms with Gasteiger partial charge in [-0.1, -0.05) is 283 Å². The number of para-hydroxylation sites is 2. The van der Waals surface area contributed by atoms with E-state index in [1.165, 1.54) is 144 Å². The van der Waals surface area contributed by atoms with Crippen LogP contribution in [-0.4, -0.2) is 33.8 Å². The number of fused-ring (bicyclic) bond motifs is 12. The van der Waals surface area contributed by atoms with E-state index < -0.39 is 31.7 Å². The summed E-state index contributed by atoms with van der Waals surface area (Å²) in [5.41, 5.74) is 18.7. The monoisotopic (exact) mass is 2370 g/mol. The maximum absolute atomic E-state index is 7.35. The number of rotatable bonds is 14. The molecule has 2 aliphatic rings. The number of aryl methyl sites for hydroxylation is 2. The molecular weight excluding hydrogens is 2290 g/mol. The third-order valence-corrected chi connectivity index (χ3v) is 34.5. The van der Waals surface area contributed by atoms with Gasteiger partial charge in [0.15, 0.2) is 0 Å². The van der Waals surface area contributed by atoms with Crippen molar-refractivity contribution in [3.05, 3.63) is 483 Å². The van der Waals surface area contributed by atoms with E-state index in [1.54, 1.807) is 0 Å². The summed E-state index contributed by atoms with van der Waals surface area (Å²) in [6.07, 6.45) is 36.0. The van der Waals surface area contributed by atoms with Crippen molar-refractivity contribution in [3.63, 3.8) is 0 Å². The van der Waals surface area contributed by atoms with Crippen molar-refractivity contribution in [1.82, 2.24) is 9.13 Å². The van der Waals surface area contributed by atoms with Crippen LogP contribution in [0.1, 0.15) is 44.5 Å². The second kappa shape index (κ2) is 46.5. The maximum atomic E-state index is 7.35. The molecule has 2 aromatic heterocycles. The fourth-order valence-electron chi connectivity index (χ4n) is 16.5. The average Bonchev–Trinajstić information content (AvgIpc) is 1.63. The third kappa shape index (κ3) is 22.3. The van der Waals surface area contributed by atoms with Crippen molar-refractivity contribution in [2.75, 3.05) is 24.6 Å². The zero-order valence-electron chi connectivity index (χ0n) is 67.6. The Kier molecular flexibility index (Phi) is 35.4. The first-order chi connectivity index (χ1) is 58.2. The van der Waals surface area contributed by atoms with Crippen molar-refractivity contribution < 1.29 is 89.5 Å². The fourth-order valence-corrected chi connectivity index (χ4v) is 28.9. The van der Waals surface area contributed by atoms with Crippen molar-refractivity contribution >= 4 is 118 Å². The van der Waals surface area contributed by atoms with Crippen LogP contribution in [0.4, 0.5) is 0 Å². The molecule has 20 rings (SSSR count).